The second-order valence-electron chi connectivity index (χ2n) is 5.85. The number of aliphatic hydroxyl groups is 1. The number of carbonyl (C=O) groups is 1. The van der Waals surface area contributed by atoms with Crippen molar-refractivity contribution in [2.24, 2.45) is 5.92 Å². The van der Waals surface area contributed by atoms with Crippen LogP contribution in [0.1, 0.15) is 38.7 Å². The molecule has 4 heteroatoms. The summed E-state index contributed by atoms with van der Waals surface area (Å²) in [7, 11) is 0. The molecule has 1 rings (SSSR count). The van der Waals surface area contributed by atoms with Crippen molar-refractivity contribution in [1.82, 2.24) is 10.6 Å². The van der Waals surface area contributed by atoms with Crippen molar-refractivity contribution >= 4 is 6.03 Å². The molecule has 118 valence electrons. The van der Waals surface area contributed by atoms with Crippen molar-refractivity contribution in [2.45, 2.75) is 45.6 Å². The van der Waals surface area contributed by atoms with E-state index in [2.05, 4.69) is 24.5 Å². The Kier molecular flexibility index (Phi) is 8.51. The highest BCUT2D eigenvalue weighted by Crippen LogP contribution is 2.07. The van der Waals surface area contributed by atoms with E-state index < -0.39 is 6.10 Å². The molecule has 0 bridgehead atoms. The lowest BCUT2D eigenvalue weighted by Crippen LogP contribution is -2.40. The molecule has 0 unspecified atom stereocenters. The summed E-state index contributed by atoms with van der Waals surface area (Å²) in [5.41, 5.74) is 1.20. The topological polar surface area (TPSA) is 61.4 Å². The number of aliphatic hydroxyl groups excluding tert-OH is 1. The number of carbonyl (C=O) groups excluding carboxylic acids is 1. The van der Waals surface area contributed by atoms with Crippen LogP contribution in [0.15, 0.2) is 30.3 Å². The Labute approximate surface area is 128 Å². The fourth-order valence-electron chi connectivity index (χ4n) is 2.10. The molecule has 0 saturated heterocycles. The summed E-state index contributed by atoms with van der Waals surface area (Å²) in [6.45, 7) is 5.25. The zero-order valence-electron chi connectivity index (χ0n) is 13.1. The molecule has 4 nitrogen and oxygen atoms in total. The van der Waals surface area contributed by atoms with E-state index in [1.54, 1.807) is 0 Å². The number of hydrogen-bond donors (Lipinski definition) is 3. The summed E-state index contributed by atoms with van der Waals surface area (Å²) < 4.78 is 0. The van der Waals surface area contributed by atoms with Crippen molar-refractivity contribution in [3.8, 4) is 0 Å². The molecule has 2 amide bonds. The van der Waals surface area contributed by atoms with Gasteiger partial charge in [-0.2, -0.15) is 0 Å². The molecule has 0 aliphatic rings. The van der Waals surface area contributed by atoms with Crippen LogP contribution in [0.2, 0.25) is 0 Å². The number of nitrogens with one attached hydrogen (secondary N) is 2. The summed E-state index contributed by atoms with van der Waals surface area (Å²) in [6.07, 6.45) is 3.20. The highest BCUT2D eigenvalue weighted by atomic mass is 16.3. The molecule has 0 aromatic heterocycles. The molecule has 0 radical (unpaired) electrons. The fourth-order valence-corrected chi connectivity index (χ4v) is 2.10. The van der Waals surface area contributed by atoms with Gasteiger partial charge in [-0.3, -0.25) is 0 Å². The lowest BCUT2D eigenvalue weighted by molar-refractivity contribution is 0.156. The van der Waals surface area contributed by atoms with E-state index in [1.165, 1.54) is 5.56 Å². The first-order valence-electron chi connectivity index (χ1n) is 7.81. The fraction of sp³-hybridized carbons (Fsp3) is 0.588. The normalized spacial score (nSPS) is 12.2. The van der Waals surface area contributed by atoms with Crippen LogP contribution >= 0.6 is 0 Å². The predicted octanol–water partition coefficient (Wildman–Crippen LogP) is 2.72. The standard InChI is InChI=1S/C17H28N2O2/c1-14(2)7-6-10-16(20)13-19-17(21)18-12-11-15-8-4-3-5-9-15/h3-5,8-9,14,16,20H,6-7,10-13H2,1-2H3,(H2,18,19,21)/t16-/m0/s1. The lowest BCUT2D eigenvalue weighted by atomic mass is 10.0. The third-order valence-corrected chi connectivity index (χ3v) is 3.36. The summed E-state index contributed by atoms with van der Waals surface area (Å²) in [5.74, 6) is 0.659. The van der Waals surface area contributed by atoms with E-state index in [0.29, 0.717) is 19.0 Å². The third-order valence-electron chi connectivity index (χ3n) is 3.36. The van der Waals surface area contributed by atoms with Crippen LogP contribution < -0.4 is 10.6 Å². The molecule has 0 spiro atoms. The molecular formula is C17H28N2O2. The molecule has 1 aromatic rings. The molecule has 0 aliphatic heterocycles. The number of hydrogen-bond acceptors (Lipinski definition) is 2. The number of rotatable bonds is 9. The van der Waals surface area contributed by atoms with Crippen molar-refractivity contribution in [1.29, 1.82) is 0 Å². The van der Waals surface area contributed by atoms with Gasteiger partial charge in [0.25, 0.3) is 0 Å². The molecule has 3 N–H and O–H groups in total. The van der Waals surface area contributed by atoms with Gasteiger partial charge in [-0.05, 0) is 24.3 Å². The number of amides is 2. The van der Waals surface area contributed by atoms with Crippen LogP contribution in [0.25, 0.3) is 0 Å². The third kappa shape index (κ3) is 9.08. The SMILES string of the molecule is CC(C)CCC[C@H](O)CNC(=O)NCCc1ccccc1. The maximum atomic E-state index is 11.6. The second-order valence-corrected chi connectivity index (χ2v) is 5.85. The molecule has 0 heterocycles. The molecule has 0 aliphatic carbocycles. The van der Waals surface area contributed by atoms with E-state index in [-0.39, 0.29) is 6.03 Å². The maximum Gasteiger partial charge on any atom is 0.314 e. The highest BCUT2D eigenvalue weighted by molar-refractivity contribution is 5.73. The largest absolute Gasteiger partial charge is 0.391 e. The summed E-state index contributed by atoms with van der Waals surface area (Å²) >= 11 is 0. The van der Waals surface area contributed by atoms with Gasteiger partial charge in [-0.1, -0.05) is 57.0 Å². The van der Waals surface area contributed by atoms with Gasteiger partial charge in [0.2, 0.25) is 0 Å². The van der Waals surface area contributed by atoms with Gasteiger partial charge < -0.3 is 15.7 Å². The smallest absolute Gasteiger partial charge is 0.314 e. The first-order valence-corrected chi connectivity index (χ1v) is 7.81. The van der Waals surface area contributed by atoms with Gasteiger partial charge in [0.1, 0.15) is 0 Å². The van der Waals surface area contributed by atoms with Crippen molar-refractivity contribution in [3.05, 3.63) is 35.9 Å². The van der Waals surface area contributed by atoms with Gasteiger partial charge in [0.15, 0.2) is 0 Å². The van der Waals surface area contributed by atoms with Gasteiger partial charge in [0, 0.05) is 13.1 Å². The molecule has 1 aromatic carbocycles. The highest BCUT2D eigenvalue weighted by Gasteiger charge is 2.07. The quantitative estimate of drug-likeness (QED) is 0.655. The minimum absolute atomic E-state index is 0.214. The van der Waals surface area contributed by atoms with E-state index >= 15 is 0 Å². The Bertz CT molecular complexity index is 393. The van der Waals surface area contributed by atoms with Crippen LogP contribution in [0, 0.1) is 5.92 Å². The minimum atomic E-state index is -0.455. The Hall–Kier alpha value is -1.55. The van der Waals surface area contributed by atoms with Crippen molar-refractivity contribution in [3.63, 3.8) is 0 Å². The van der Waals surface area contributed by atoms with Gasteiger partial charge in [-0.15, -0.1) is 0 Å². The Morgan fingerprint density at radius 1 is 1.14 bits per heavy atom. The van der Waals surface area contributed by atoms with E-state index in [1.807, 2.05) is 30.3 Å². The zero-order chi connectivity index (χ0) is 15.5. The van der Waals surface area contributed by atoms with Crippen molar-refractivity contribution in [2.75, 3.05) is 13.1 Å². The van der Waals surface area contributed by atoms with E-state index in [4.69, 9.17) is 0 Å². The van der Waals surface area contributed by atoms with Crippen molar-refractivity contribution < 1.29 is 9.90 Å². The lowest BCUT2D eigenvalue weighted by Gasteiger charge is -2.13. The maximum absolute atomic E-state index is 11.6. The van der Waals surface area contributed by atoms with Gasteiger partial charge in [0.05, 0.1) is 6.10 Å². The Morgan fingerprint density at radius 3 is 2.52 bits per heavy atom. The Balaban J connectivity index is 2.05. The Morgan fingerprint density at radius 2 is 1.86 bits per heavy atom. The first-order chi connectivity index (χ1) is 10.1. The van der Waals surface area contributed by atoms with Crippen LogP contribution in [-0.4, -0.2) is 30.3 Å². The minimum Gasteiger partial charge on any atom is -0.391 e. The average molecular weight is 292 g/mol. The monoisotopic (exact) mass is 292 g/mol. The average Bonchev–Trinajstić information content (AvgIpc) is 2.46. The van der Waals surface area contributed by atoms with Crippen LogP contribution in [0.4, 0.5) is 4.79 Å². The summed E-state index contributed by atoms with van der Waals surface area (Å²) in [4.78, 5) is 11.6. The van der Waals surface area contributed by atoms with Crippen LogP contribution in [0.3, 0.4) is 0 Å². The molecule has 21 heavy (non-hydrogen) atoms. The molecule has 0 saturated carbocycles. The summed E-state index contributed by atoms with van der Waals surface area (Å²) in [6, 6.07) is 9.82. The van der Waals surface area contributed by atoms with Gasteiger partial charge >= 0.3 is 6.03 Å². The number of urea groups is 1. The van der Waals surface area contributed by atoms with Crippen LogP contribution in [0.5, 0.6) is 0 Å². The second kappa shape index (κ2) is 10.2. The first kappa shape index (κ1) is 17.5. The van der Waals surface area contributed by atoms with Crippen LogP contribution in [-0.2, 0) is 6.42 Å². The van der Waals surface area contributed by atoms with E-state index in [9.17, 15) is 9.90 Å². The predicted molar refractivity (Wildman–Crippen MR) is 86.2 cm³/mol. The number of benzene rings is 1. The summed E-state index contributed by atoms with van der Waals surface area (Å²) in [5, 5.41) is 15.3. The molecule has 0 fully saturated rings. The van der Waals surface area contributed by atoms with E-state index in [0.717, 1.165) is 25.7 Å². The molecular weight excluding hydrogens is 264 g/mol. The van der Waals surface area contributed by atoms with Gasteiger partial charge in [-0.25, -0.2) is 4.79 Å². The zero-order valence-corrected chi connectivity index (χ0v) is 13.1. The molecule has 1 atom stereocenters.